The largest absolute Gasteiger partial charge is 0.450 e. The number of amides is 1. The van der Waals surface area contributed by atoms with Crippen LogP contribution in [-0.4, -0.2) is 42.9 Å². The number of benzene rings is 3. The highest BCUT2D eigenvalue weighted by molar-refractivity contribution is 6.06. The van der Waals surface area contributed by atoms with E-state index < -0.39 is 6.04 Å². The average Bonchev–Trinajstić information content (AvgIpc) is 3.06. The molecule has 0 aliphatic carbocycles. The molecule has 0 fully saturated rings. The van der Waals surface area contributed by atoms with Crippen molar-refractivity contribution in [3.8, 4) is 0 Å². The second-order valence-electron chi connectivity index (χ2n) is 8.45. The monoisotopic (exact) mass is 430 g/mol. The van der Waals surface area contributed by atoms with Crippen LogP contribution in [0.15, 0.2) is 69.9 Å². The molecule has 1 aliphatic rings. The van der Waals surface area contributed by atoms with E-state index >= 15 is 0 Å². The Hall–Kier alpha value is -3.51. The second kappa shape index (κ2) is 7.88. The second-order valence-corrected chi connectivity index (χ2v) is 8.45. The minimum Gasteiger partial charge on any atom is -0.450 e. The van der Waals surface area contributed by atoms with Gasteiger partial charge in [0.1, 0.15) is 11.4 Å². The van der Waals surface area contributed by atoms with Crippen LogP contribution in [0.2, 0.25) is 0 Å². The van der Waals surface area contributed by atoms with E-state index in [4.69, 9.17) is 4.42 Å². The Bertz CT molecular complexity index is 1390. The first-order valence-electron chi connectivity index (χ1n) is 10.7. The lowest BCUT2D eigenvalue weighted by atomic mass is 9.97. The number of rotatable bonds is 5. The molecule has 1 aliphatic heterocycles. The third-order valence-electron chi connectivity index (χ3n) is 6.05. The van der Waals surface area contributed by atoms with Crippen molar-refractivity contribution in [2.45, 2.75) is 12.5 Å². The van der Waals surface area contributed by atoms with Crippen LogP contribution in [0.3, 0.4) is 0 Å². The molecule has 5 rings (SSSR count). The van der Waals surface area contributed by atoms with Gasteiger partial charge in [0, 0.05) is 11.9 Å². The van der Waals surface area contributed by atoms with E-state index in [1.54, 1.807) is 23.1 Å². The summed E-state index contributed by atoms with van der Waals surface area (Å²) >= 11 is 0. The fraction of sp³-hybridized carbons (Fsp3) is 0.231. The molecule has 0 radical (unpaired) electrons. The molecule has 5 nitrogen and oxygen atoms in total. The Kier molecular flexibility index (Phi) is 5.02. The lowest BCUT2D eigenvalue weighted by Crippen LogP contribution is -2.32. The Morgan fingerprint density at radius 3 is 2.47 bits per heavy atom. The summed E-state index contributed by atoms with van der Waals surface area (Å²) in [5, 5.41) is 2.17. The maximum Gasteiger partial charge on any atom is 0.290 e. The van der Waals surface area contributed by atoms with Crippen molar-refractivity contribution in [3.05, 3.63) is 93.6 Å². The third kappa shape index (κ3) is 3.28. The maximum absolute atomic E-state index is 13.7. The number of nitrogens with zero attached hydrogens (tertiary/aromatic N) is 2. The number of fused-ring (bicyclic) bond motifs is 4. The van der Waals surface area contributed by atoms with Gasteiger partial charge in [-0.1, -0.05) is 42.5 Å². The van der Waals surface area contributed by atoms with Crippen LogP contribution in [0.4, 0.5) is 4.39 Å². The fourth-order valence-corrected chi connectivity index (χ4v) is 4.53. The van der Waals surface area contributed by atoms with Crippen molar-refractivity contribution >= 4 is 27.6 Å². The topological polar surface area (TPSA) is 53.8 Å². The fourth-order valence-electron chi connectivity index (χ4n) is 4.53. The molecule has 0 N–H and O–H groups in total. The maximum atomic E-state index is 13.7. The molecule has 162 valence electrons. The highest BCUT2D eigenvalue weighted by Gasteiger charge is 2.42. The van der Waals surface area contributed by atoms with Crippen LogP contribution < -0.4 is 5.43 Å². The molecule has 1 unspecified atom stereocenters. The predicted octanol–water partition coefficient (Wildman–Crippen LogP) is 4.58. The third-order valence-corrected chi connectivity index (χ3v) is 6.05. The number of carbonyl (C=O) groups excluding carboxylic acids is 1. The summed E-state index contributed by atoms with van der Waals surface area (Å²) in [5.74, 6) is -0.590. The summed E-state index contributed by atoms with van der Waals surface area (Å²) in [6.07, 6.45) is 0.737. The molecule has 0 bridgehead atoms. The number of hydrogen-bond acceptors (Lipinski definition) is 4. The zero-order valence-corrected chi connectivity index (χ0v) is 18.0. The van der Waals surface area contributed by atoms with E-state index in [0.29, 0.717) is 28.6 Å². The molecule has 1 aromatic heterocycles. The van der Waals surface area contributed by atoms with Crippen LogP contribution in [0, 0.1) is 5.82 Å². The first kappa shape index (κ1) is 20.4. The van der Waals surface area contributed by atoms with Gasteiger partial charge in [0.15, 0.2) is 5.43 Å². The van der Waals surface area contributed by atoms with Crippen molar-refractivity contribution in [2.24, 2.45) is 0 Å². The number of carbonyl (C=O) groups is 1. The lowest BCUT2D eigenvalue weighted by molar-refractivity contribution is 0.0722. The molecule has 1 atom stereocenters. The normalized spacial score (nSPS) is 15.8. The summed E-state index contributed by atoms with van der Waals surface area (Å²) in [7, 11) is 3.95. The Balaban J connectivity index is 1.72. The van der Waals surface area contributed by atoms with Crippen molar-refractivity contribution in [3.63, 3.8) is 0 Å². The van der Waals surface area contributed by atoms with Crippen molar-refractivity contribution in [1.82, 2.24) is 9.80 Å². The van der Waals surface area contributed by atoms with E-state index in [-0.39, 0.29) is 22.9 Å². The van der Waals surface area contributed by atoms with Crippen LogP contribution in [0.25, 0.3) is 21.7 Å². The Morgan fingerprint density at radius 1 is 0.969 bits per heavy atom. The lowest BCUT2D eigenvalue weighted by Gasteiger charge is -2.25. The molecule has 0 saturated heterocycles. The minimum atomic E-state index is -0.604. The van der Waals surface area contributed by atoms with Crippen LogP contribution in [0.5, 0.6) is 0 Å². The van der Waals surface area contributed by atoms with Crippen LogP contribution in [-0.2, 0) is 0 Å². The van der Waals surface area contributed by atoms with Crippen molar-refractivity contribution < 1.29 is 13.6 Å². The Labute approximate surface area is 184 Å². The number of halogens is 1. The summed E-state index contributed by atoms with van der Waals surface area (Å²) in [6, 6.07) is 16.6. The van der Waals surface area contributed by atoms with Gasteiger partial charge in [-0.25, -0.2) is 4.39 Å². The first-order chi connectivity index (χ1) is 15.5. The zero-order valence-electron chi connectivity index (χ0n) is 18.0. The molecule has 2 heterocycles. The van der Waals surface area contributed by atoms with Gasteiger partial charge in [-0.2, -0.15) is 0 Å². The standard InChI is InChI=1S/C26H23FN2O3/c1-28(2)14-5-15-29-22(17-8-11-18(27)12-9-17)21-23(30)20-13-10-16-6-3-4-7-19(16)24(20)32-25(21)26(29)31/h3-4,6-13,22H,5,14-15H2,1-2H3. The Morgan fingerprint density at radius 2 is 1.72 bits per heavy atom. The van der Waals surface area contributed by atoms with Gasteiger partial charge in [-0.15, -0.1) is 0 Å². The molecule has 32 heavy (non-hydrogen) atoms. The van der Waals surface area contributed by atoms with Crippen molar-refractivity contribution in [2.75, 3.05) is 27.2 Å². The van der Waals surface area contributed by atoms with Gasteiger partial charge in [-0.3, -0.25) is 9.59 Å². The molecular formula is C26H23FN2O3. The van der Waals surface area contributed by atoms with Gasteiger partial charge in [-0.05, 0) is 56.2 Å². The average molecular weight is 430 g/mol. The highest BCUT2D eigenvalue weighted by atomic mass is 19.1. The smallest absolute Gasteiger partial charge is 0.290 e. The van der Waals surface area contributed by atoms with Gasteiger partial charge in [0.25, 0.3) is 5.91 Å². The molecular weight excluding hydrogens is 407 g/mol. The molecule has 0 spiro atoms. The van der Waals surface area contributed by atoms with Crippen LogP contribution >= 0.6 is 0 Å². The first-order valence-corrected chi connectivity index (χ1v) is 10.7. The van der Waals surface area contributed by atoms with Gasteiger partial charge in [0.2, 0.25) is 5.76 Å². The summed E-state index contributed by atoms with van der Waals surface area (Å²) in [5.41, 5.74) is 1.23. The van der Waals surface area contributed by atoms with Gasteiger partial charge < -0.3 is 14.2 Å². The van der Waals surface area contributed by atoms with Gasteiger partial charge in [0.05, 0.1) is 17.0 Å². The molecule has 0 saturated carbocycles. The zero-order chi connectivity index (χ0) is 22.4. The van der Waals surface area contributed by atoms with E-state index in [0.717, 1.165) is 23.7 Å². The van der Waals surface area contributed by atoms with Crippen molar-refractivity contribution in [1.29, 1.82) is 0 Å². The molecule has 4 aromatic rings. The quantitative estimate of drug-likeness (QED) is 0.435. The van der Waals surface area contributed by atoms with E-state index in [9.17, 15) is 14.0 Å². The molecule has 3 aromatic carbocycles. The predicted molar refractivity (Wildman–Crippen MR) is 122 cm³/mol. The van der Waals surface area contributed by atoms with E-state index in [2.05, 4.69) is 0 Å². The van der Waals surface area contributed by atoms with E-state index in [1.165, 1.54) is 12.1 Å². The summed E-state index contributed by atoms with van der Waals surface area (Å²) < 4.78 is 19.8. The number of hydrogen-bond donors (Lipinski definition) is 0. The summed E-state index contributed by atoms with van der Waals surface area (Å²) in [4.78, 5) is 30.8. The minimum absolute atomic E-state index is 0.0815. The molecule has 1 amide bonds. The van der Waals surface area contributed by atoms with E-state index in [1.807, 2.05) is 49.3 Å². The van der Waals surface area contributed by atoms with Crippen LogP contribution in [0.1, 0.15) is 34.1 Å². The molecule has 6 heteroatoms. The summed E-state index contributed by atoms with van der Waals surface area (Å²) in [6.45, 7) is 1.25. The highest BCUT2D eigenvalue weighted by Crippen LogP contribution is 2.39. The van der Waals surface area contributed by atoms with Gasteiger partial charge >= 0.3 is 0 Å². The SMILES string of the molecule is CN(C)CCCN1C(=O)c2oc3c(ccc4ccccc43)c(=O)c2C1c1ccc(F)cc1.